The molecule has 100 valence electrons. The van der Waals surface area contributed by atoms with Crippen LogP contribution in [0.4, 0.5) is 0 Å². The van der Waals surface area contributed by atoms with Crippen molar-refractivity contribution in [2.75, 3.05) is 33.3 Å². The first kappa shape index (κ1) is 13.5. The van der Waals surface area contributed by atoms with E-state index in [0.717, 1.165) is 13.0 Å². The molecule has 1 aliphatic rings. The van der Waals surface area contributed by atoms with Crippen LogP contribution in [0, 0.1) is 0 Å². The predicted octanol–water partition coefficient (Wildman–Crippen LogP) is 1.84. The Kier molecular flexibility index (Phi) is 5.17. The second-order valence-corrected chi connectivity index (χ2v) is 5.08. The molecule has 1 aromatic carbocycles. The molecular formula is C15H24N2O. The topological polar surface area (TPSA) is 38.5 Å². The maximum atomic E-state index is 5.64. The van der Waals surface area contributed by atoms with Gasteiger partial charge in [0.05, 0.1) is 6.10 Å². The minimum Gasteiger partial charge on any atom is -0.380 e. The summed E-state index contributed by atoms with van der Waals surface area (Å²) in [6.07, 6.45) is 2.51. The molecule has 1 saturated heterocycles. The molecule has 1 aliphatic heterocycles. The number of hydrogen-bond donors (Lipinski definition) is 1. The fourth-order valence-corrected chi connectivity index (χ4v) is 2.69. The van der Waals surface area contributed by atoms with E-state index < -0.39 is 0 Å². The second-order valence-electron chi connectivity index (χ2n) is 5.08. The minimum absolute atomic E-state index is 0.209. The highest BCUT2D eigenvalue weighted by Gasteiger charge is 2.23. The monoisotopic (exact) mass is 248 g/mol. The number of hydrogen-bond acceptors (Lipinski definition) is 3. The van der Waals surface area contributed by atoms with Gasteiger partial charge in [-0.3, -0.25) is 0 Å². The van der Waals surface area contributed by atoms with Crippen LogP contribution in [0.2, 0.25) is 0 Å². The largest absolute Gasteiger partial charge is 0.380 e. The molecule has 18 heavy (non-hydrogen) atoms. The van der Waals surface area contributed by atoms with Gasteiger partial charge < -0.3 is 15.4 Å². The number of ether oxygens (including phenoxy) is 1. The average Bonchev–Trinajstić information content (AvgIpc) is 2.90. The lowest BCUT2D eigenvalue weighted by atomic mass is 9.99. The first-order valence-corrected chi connectivity index (χ1v) is 6.83. The van der Waals surface area contributed by atoms with Crippen molar-refractivity contribution < 1.29 is 4.74 Å². The van der Waals surface area contributed by atoms with Crippen LogP contribution in [0.3, 0.4) is 0 Å². The Hall–Kier alpha value is -0.900. The zero-order chi connectivity index (χ0) is 12.8. The van der Waals surface area contributed by atoms with Crippen LogP contribution in [-0.4, -0.2) is 44.3 Å². The molecule has 0 spiro atoms. The third-order valence-corrected chi connectivity index (χ3v) is 3.91. The maximum Gasteiger partial charge on any atom is 0.0705 e. The number of rotatable bonds is 6. The molecule has 2 atom stereocenters. The van der Waals surface area contributed by atoms with Crippen LogP contribution in [0.15, 0.2) is 30.3 Å². The van der Waals surface area contributed by atoms with Gasteiger partial charge in [0.1, 0.15) is 0 Å². The van der Waals surface area contributed by atoms with Crippen LogP contribution in [-0.2, 0) is 4.74 Å². The molecule has 0 aromatic heterocycles. The summed E-state index contributed by atoms with van der Waals surface area (Å²) in [5.74, 6) is 0.699. The van der Waals surface area contributed by atoms with Gasteiger partial charge in [0.15, 0.2) is 0 Å². The van der Waals surface area contributed by atoms with Crippen LogP contribution >= 0.6 is 0 Å². The fraction of sp³-hybridized carbons (Fsp3) is 0.600. The fourth-order valence-electron chi connectivity index (χ4n) is 2.69. The van der Waals surface area contributed by atoms with E-state index in [9.17, 15) is 0 Å². The lowest BCUT2D eigenvalue weighted by Gasteiger charge is -2.19. The average molecular weight is 248 g/mol. The number of nitrogens with zero attached hydrogens (tertiary/aromatic N) is 1. The molecular weight excluding hydrogens is 224 g/mol. The van der Waals surface area contributed by atoms with E-state index in [1.54, 1.807) is 7.11 Å². The van der Waals surface area contributed by atoms with Crippen LogP contribution < -0.4 is 5.73 Å². The third-order valence-electron chi connectivity index (χ3n) is 3.91. The molecule has 3 nitrogen and oxygen atoms in total. The molecule has 1 fully saturated rings. The summed E-state index contributed by atoms with van der Waals surface area (Å²) in [4.78, 5) is 2.53. The molecule has 3 heteroatoms. The van der Waals surface area contributed by atoms with Crippen molar-refractivity contribution in [1.82, 2.24) is 4.90 Å². The Morgan fingerprint density at radius 1 is 1.39 bits per heavy atom. The van der Waals surface area contributed by atoms with Crippen molar-refractivity contribution in [3.05, 3.63) is 35.9 Å². The molecule has 1 aromatic rings. The van der Waals surface area contributed by atoms with Crippen molar-refractivity contribution in [2.24, 2.45) is 5.73 Å². The normalized spacial score (nSPS) is 22.2. The van der Waals surface area contributed by atoms with Crippen LogP contribution in [0.1, 0.15) is 24.3 Å². The zero-order valence-corrected chi connectivity index (χ0v) is 11.2. The Bertz CT molecular complexity index is 338. The van der Waals surface area contributed by atoms with Gasteiger partial charge in [-0.25, -0.2) is 0 Å². The van der Waals surface area contributed by atoms with E-state index in [1.807, 2.05) is 0 Å². The van der Waals surface area contributed by atoms with Gasteiger partial charge >= 0.3 is 0 Å². The minimum atomic E-state index is 0.209. The highest BCUT2D eigenvalue weighted by Crippen LogP contribution is 2.26. The first-order chi connectivity index (χ1) is 8.83. The van der Waals surface area contributed by atoms with Gasteiger partial charge in [-0.05, 0) is 30.9 Å². The number of nitrogens with two attached hydrogens (primary N) is 1. The summed E-state index contributed by atoms with van der Waals surface area (Å²) in [5, 5.41) is 0. The van der Waals surface area contributed by atoms with Crippen molar-refractivity contribution in [2.45, 2.75) is 24.9 Å². The molecule has 2 N–H and O–H groups in total. The Balaban J connectivity index is 1.78. The summed E-state index contributed by atoms with van der Waals surface area (Å²) in [7, 11) is 1.74. The van der Waals surface area contributed by atoms with Crippen molar-refractivity contribution in [3.8, 4) is 0 Å². The van der Waals surface area contributed by atoms with Gasteiger partial charge in [0, 0.05) is 26.7 Å². The summed E-state index contributed by atoms with van der Waals surface area (Å²) in [5.41, 5.74) is 7.12. The predicted molar refractivity (Wildman–Crippen MR) is 74.7 cm³/mol. The Morgan fingerprint density at radius 3 is 2.83 bits per heavy atom. The highest BCUT2D eigenvalue weighted by molar-refractivity contribution is 5.20. The first-order valence-electron chi connectivity index (χ1n) is 6.83. The molecule has 0 bridgehead atoms. The lowest BCUT2D eigenvalue weighted by molar-refractivity contribution is 0.0923. The Morgan fingerprint density at radius 2 is 2.17 bits per heavy atom. The molecule has 1 heterocycles. The third kappa shape index (κ3) is 3.55. The SMILES string of the molecule is COC(CN)CCN1CCC(c2ccccc2)C1. The van der Waals surface area contributed by atoms with Gasteiger partial charge in [-0.1, -0.05) is 30.3 Å². The van der Waals surface area contributed by atoms with Gasteiger partial charge in [0.2, 0.25) is 0 Å². The number of likely N-dealkylation sites (tertiary alicyclic amines) is 1. The maximum absolute atomic E-state index is 5.64. The summed E-state index contributed by atoms with van der Waals surface area (Å²) < 4.78 is 5.32. The van der Waals surface area contributed by atoms with Crippen molar-refractivity contribution >= 4 is 0 Å². The molecule has 2 unspecified atom stereocenters. The van der Waals surface area contributed by atoms with Crippen molar-refractivity contribution in [3.63, 3.8) is 0 Å². The number of methoxy groups -OCH3 is 1. The van der Waals surface area contributed by atoms with Gasteiger partial charge in [-0.2, -0.15) is 0 Å². The van der Waals surface area contributed by atoms with E-state index in [0.29, 0.717) is 12.5 Å². The summed E-state index contributed by atoms with van der Waals surface area (Å²) >= 11 is 0. The highest BCUT2D eigenvalue weighted by atomic mass is 16.5. The standard InChI is InChI=1S/C15H24N2O/c1-18-15(11-16)8-10-17-9-7-14(12-17)13-5-3-2-4-6-13/h2-6,14-15H,7-12,16H2,1H3. The second kappa shape index (κ2) is 6.88. The van der Waals surface area contributed by atoms with E-state index in [1.165, 1.54) is 25.1 Å². The molecule has 0 radical (unpaired) electrons. The van der Waals surface area contributed by atoms with Crippen LogP contribution in [0.5, 0.6) is 0 Å². The van der Waals surface area contributed by atoms with Gasteiger partial charge in [0.25, 0.3) is 0 Å². The van der Waals surface area contributed by atoms with E-state index in [4.69, 9.17) is 10.5 Å². The summed E-state index contributed by atoms with van der Waals surface area (Å²) in [6.45, 7) is 4.08. The lowest BCUT2D eigenvalue weighted by Crippen LogP contribution is -2.29. The van der Waals surface area contributed by atoms with E-state index in [2.05, 4.69) is 35.2 Å². The zero-order valence-electron chi connectivity index (χ0n) is 11.2. The van der Waals surface area contributed by atoms with Crippen LogP contribution in [0.25, 0.3) is 0 Å². The van der Waals surface area contributed by atoms with E-state index >= 15 is 0 Å². The Labute approximate surface area is 110 Å². The molecule has 0 amide bonds. The molecule has 2 rings (SSSR count). The smallest absolute Gasteiger partial charge is 0.0705 e. The van der Waals surface area contributed by atoms with E-state index in [-0.39, 0.29) is 6.10 Å². The molecule has 0 aliphatic carbocycles. The summed E-state index contributed by atoms with van der Waals surface area (Å²) in [6, 6.07) is 10.8. The number of benzene rings is 1. The quantitative estimate of drug-likeness (QED) is 0.835. The van der Waals surface area contributed by atoms with Crippen molar-refractivity contribution in [1.29, 1.82) is 0 Å². The molecule has 0 saturated carbocycles. The van der Waals surface area contributed by atoms with Gasteiger partial charge in [-0.15, -0.1) is 0 Å².